The summed E-state index contributed by atoms with van der Waals surface area (Å²) in [6.07, 6.45) is 0.879. The zero-order valence-electron chi connectivity index (χ0n) is 9.56. The second-order valence-corrected chi connectivity index (χ2v) is 3.59. The molecule has 1 N–H and O–H groups in total. The maximum Gasteiger partial charge on any atom is 0.125 e. The summed E-state index contributed by atoms with van der Waals surface area (Å²) in [5.41, 5.74) is 3.99. The number of hydrogen-bond donors (Lipinski definition) is 1. The Morgan fingerprint density at radius 1 is 1.07 bits per heavy atom. The zero-order chi connectivity index (χ0) is 10.9. The van der Waals surface area contributed by atoms with E-state index in [0.29, 0.717) is 5.75 Å². The van der Waals surface area contributed by atoms with E-state index >= 15 is 0 Å². The summed E-state index contributed by atoms with van der Waals surface area (Å²) in [5.74, 6) is 1.32. The Labute approximate surface area is 85.5 Å². The summed E-state index contributed by atoms with van der Waals surface area (Å²) in [6, 6.07) is 0. The van der Waals surface area contributed by atoms with Gasteiger partial charge in [0.05, 0.1) is 7.11 Å². The van der Waals surface area contributed by atoms with E-state index in [9.17, 15) is 5.11 Å². The number of aromatic hydroxyl groups is 1. The quantitative estimate of drug-likeness (QED) is 0.784. The van der Waals surface area contributed by atoms with Gasteiger partial charge in [0.25, 0.3) is 0 Å². The minimum absolute atomic E-state index is 0.403. The monoisotopic (exact) mass is 194 g/mol. The molecule has 0 saturated carbocycles. The third-order valence-electron chi connectivity index (χ3n) is 2.90. The molecule has 0 radical (unpaired) electrons. The average molecular weight is 194 g/mol. The molecule has 0 fully saturated rings. The lowest BCUT2D eigenvalue weighted by Gasteiger charge is -2.17. The van der Waals surface area contributed by atoms with E-state index in [-0.39, 0.29) is 0 Å². The van der Waals surface area contributed by atoms with Crippen LogP contribution in [0.3, 0.4) is 0 Å². The number of methoxy groups -OCH3 is 1. The Bertz CT molecular complexity index is 319. The van der Waals surface area contributed by atoms with Gasteiger partial charge in [0.15, 0.2) is 0 Å². The third kappa shape index (κ3) is 1.45. The van der Waals surface area contributed by atoms with Crippen molar-refractivity contribution < 1.29 is 9.84 Å². The van der Waals surface area contributed by atoms with Gasteiger partial charge in [-0.05, 0) is 43.9 Å². The number of benzene rings is 1. The van der Waals surface area contributed by atoms with E-state index in [4.69, 9.17) is 4.74 Å². The maximum atomic E-state index is 9.86. The highest BCUT2D eigenvalue weighted by Gasteiger charge is 2.15. The lowest BCUT2D eigenvalue weighted by Crippen LogP contribution is -1.99. The summed E-state index contributed by atoms with van der Waals surface area (Å²) in [5, 5.41) is 9.86. The van der Waals surface area contributed by atoms with Gasteiger partial charge in [-0.15, -0.1) is 0 Å². The first kappa shape index (κ1) is 10.9. The molecule has 0 heterocycles. The Morgan fingerprint density at radius 3 is 2.07 bits per heavy atom. The van der Waals surface area contributed by atoms with E-state index in [1.807, 2.05) is 20.8 Å². The summed E-state index contributed by atoms with van der Waals surface area (Å²) in [4.78, 5) is 0. The predicted molar refractivity (Wildman–Crippen MR) is 58.2 cm³/mol. The fourth-order valence-electron chi connectivity index (χ4n) is 1.87. The van der Waals surface area contributed by atoms with Crippen molar-refractivity contribution in [2.45, 2.75) is 34.1 Å². The smallest absolute Gasteiger partial charge is 0.125 e. The zero-order valence-corrected chi connectivity index (χ0v) is 9.56. The molecule has 2 heteroatoms. The van der Waals surface area contributed by atoms with Gasteiger partial charge in [-0.25, -0.2) is 0 Å². The molecule has 0 aliphatic heterocycles. The van der Waals surface area contributed by atoms with Crippen LogP contribution in [0.25, 0.3) is 0 Å². The largest absolute Gasteiger partial charge is 0.507 e. The van der Waals surface area contributed by atoms with Gasteiger partial charge in [-0.3, -0.25) is 0 Å². The van der Waals surface area contributed by atoms with Crippen LogP contribution in [-0.2, 0) is 6.42 Å². The number of hydrogen-bond acceptors (Lipinski definition) is 2. The van der Waals surface area contributed by atoms with Crippen LogP contribution in [-0.4, -0.2) is 12.2 Å². The molecule has 0 aliphatic carbocycles. The lowest BCUT2D eigenvalue weighted by molar-refractivity contribution is 0.401. The lowest BCUT2D eigenvalue weighted by atomic mass is 9.96. The van der Waals surface area contributed by atoms with Crippen molar-refractivity contribution in [1.82, 2.24) is 0 Å². The topological polar surface area (TPSA) is 29.5 Å². The van der Waals surface area contributed by atoms with Crippen LogP contribution in [0.5, 0.6) is 11.5 Å². The Kier molecular flexibility index (Phi) is 3.04. The normalized spacial score (nSPS) is 10.4. The van der Waals surface area contributed by atoms with Gasteiger partial charge in [0.1, 0.15) is 11.5 Å². The molecule has 1 aromatic rings. The number of ether oxygens (including phenoxy) is 1. The van der Waals surface area contributed by atoms with Crippen molar-refractivity contribution in [3.8, 4) is 11.5 Å². The average Bonchev–Trinajstić information content (AvgIpc) is 2.20. The van der Waals surface area contributed by atoms with E-state index < -0.39 is 0 Å². The first-order valence-electron chi connectivity index (χ1n) is 4.90. The molecular weight excluding hydrogens is 176 g/mol. The summed E-state index contributed by atoms with van der Waals surface area (Å²) >= 11 is 0. The van der Waals surface area contributed by atoms with Crippen LogP contribution in [0.1, 0.15) is 29.2 Å². The first-order chi connectivity index (χ1) is 6.54. The van der Waals surface area contributed by atoms with Crippen molar-refractivity contribution in [2.24, 2.45) is 0 Å². The van der Waals surface area contributed by atoms with Gasteiger partial charge >= 0.3 is 0 Å². The fraction of sp³-hybridized carbons (Fsp3) is 0.500. The minimum atomic E-state index is 0.403. The van der Waals surface area contributed by atoms with Crippen LogP contribution in [0, 0.1) is 20.8 Å². The molecule has 2 nitrogen and oxygen atoms in total. The molecule has 0 unspecified atom stereocenters. The molecule has 0 spiro atoms. The summed E-state index contributed by atoms with van der Waals surface area (Å²) < 4.78 is 5.37. The van der Waals surface area contributed by atoms with Crippen molar-refractivity contribution >= 4 is 0 Å². The van der Waals surface area contributed by atoms with Crippen molar-refractivity contribution in [1.29, 1.82) is 0 Å². The van der Waals surface area contributed by atoms with Gasteiger partial charge in [-0.1, -0.05) is 6.92 Å². The third-order valence-corrected chi connectivity index (χ3v) is 2.90. The second kappa shape index (κ2) is 3.91. The number of phenols is 1. The molecule has 0 aliphatic rings. The van der Waals surface area contributed by atoms with Gasteiger partial charge in [0.2, 0.25) is 0 Å². The second-order valence-electron chi connectivity index (χ2n) is 3.59. The van der Waals surface area contributed by atoms with Crippen LogP contribution in [0.2, 0.25) is 0 Å². The highest BCUT2D eigenvalue weighted by molar-refractivity contribution is 5.57. The van der Waals surface area contributed by atoms with Crippen LogP contribution in [0.15, 0.2) is 0 Å². The van der Waals surface area contributed by atoms with E-state index in [0.717, 1.165) is 34.4 Å². The van der Waals surface area contributed by atoms with Crippen LogP contribution in [0.4, 0.5) is 0 Å². The van der Waals surface area contributed by atoms with E-state index in [1.54, 1.807) is 7.11 Å². The summed E-state index contributed by atoms with van der Waals surface area (Å²) in [6.45, 7) is 7.90. The molecule has 0 aromatic heterocycles. The molecule has 78 valence electrons. The molecule has 0 bridgehead atoms. The fourth-order valence-corrected chi connectivity index (χ4v) is 1.87. The van der Waals surface area contributed by atoms with Crippen LogP contribution < -0.4 is 4.74 Å². The number of rotatable bonds is 2. The standard InChI is InChI=1S/C12H18O2/c1-6-10-9(4)11(13)7(2)8(3)12(10)14-5/h13H,6H2,1-5H3. The molecule has 1 aromatic carbocycles. The Balaban J connectivity index is 3.57. The van der Waals surface area contributed by atoms with Crippen molar-refractivity contribution in [2.75, 3.05) is 7.11 Å². The molecule has 0 saturated heterocycles. The molecule has 0 amide bonds. The van der Waals surface area contributed by atoms with Crippen molar-refractivity contribution in [3.05, 3.63) is 22.3 Å². The van der Waals surface area contributed by atoms with Crippen LogP contribution >= 0.6 is 0 Å². The highest BCUT2D eigenvalue weighted by Crippen LogP contribution is 2.36. The number of phenolic OH excluding ortho intramolecular Hbond substituents is 1. The predicted octanol–water partition coefficient (Wildman–Crippen LogP) is 2.89. The SMILES string of the molecule is CCc1c(C)c(O)c(C)c(C)c1OC. The highest BCUT2D eigenvalue weighted by atomic mass is 16.5. The molecule has 1 rings (SSSR count). The maximum absolute atomic E-state index is 9.86. The van der Waals surface area contributed by atoms with Crippen molar-refractivity contribution in [3.63, 3.8) is 0 Å². The van der Waals surface area contributed by atoms with Gasteiger partial charge in [-0.2, -0.15) is 0 Å². The van der Waals surface area contributed by atoms with Gasteiger partial charge < -0.3 is 9.84 Å². The van der Waals surface area contributed by atoms with E-state index in [2.05, 4.69) is 6.92 Å². The molecule has 14 heavy (non-hydrogen) atoms. The first-order valence-corrected chi connectivity index (χ1v) is 4.90. The Morgan fingerprint density at radius 2 is 1.64 bits per heavy atom. The molecular formula is C12H18O2. The molecule has 0 atom stereocenters. The van der Waals surface area contributed by atoms with Gasteiger partial charge in [0, 0.05) is 5.56 Å². The summed E-state index contributed by atoms with van der Waals surface area (Å²) in [7, 11) is 1.68. The van der Waals surface area contributed by atoms with E-state index in [1.165, 1.54) is 0 Å². The minimum Gasteiger partial charge on any atom is -0.507 e. The Hall–Kier alpha value is -1.18.